The molecule has 4 atom stereocenters. The van der Waals surface area contributed by atoms with Crippen LogP contribution < -0.4 is 10.6 Å². The molecule has 0 saturated carbocycles. The van der Waals surface area contributed by atoms with Crippen molar-refractivity contribution in [3.05, 3.63) is 47.5 Å². The highest BCUT2D eigenvalue weighted by Crippen LogP contribution is 2.29. The summed E-state index contributed by atoms with van der Waals surface area (Å²) in [5.74, 6) is -1.17. The molecule has 0 bridgehead atoms. The lowest BCUT2D eigenvalue weighted by atomic mass is 9.76. The number of piperidine rings is 1. The molecule has 2 rings (SSSR count). The van der Waals surface area contributed by atoms with Gasteiger partial charge in [-0.25, -0.2) is 4.79 Å². The van der Waals surface area contributed by atoms with E-state index in [4.69, 9.17) is 4.74 Å². The van der Waals surface area contributed by atoms with E-state index in [1.165, 1.54) is 7.11 Å². The van der Waals surface area contributed by atoms with Gasteiger partial charge in [0.25, 0.3) is 0 Å². The Morgan fingerprint density at radius 1 is 1.02 bits per heavy atom. The molecule has 1 heterocycles. The fraction of sp³-hybridized carbons (Fsp3) is 0.647. The highest BCUT2D eigenvalue weighted by molar-refractivity contribution is 5.96. The molecule has 2 N–H and O–H groups in total. The molecule has 1 aromatic rings. The van der Waals surface area contributed by atoms with Gasteiger partial charge in [0.15, 0.2) is 0 Å². The van der Waals surface area contributed by atoms with E-state index < -0.39 is 41.0 Å². The zero-order valence-electron chi connectivity index (χ0n) is 28.1. The average Bonchev–Trinajstić information content (AvgIpc) is 2.96. The number of rotatable bonds is 11. The first kappa shape index (κ1) is 36.0. The standard InChI is InChI=1S/C34H54N4O5/c1-22(2)26(21-23(3)30(40)38-20-16-15-19-25(38)32(42)43-11)37(10)31(41)28(33(4,5)6)36-29(39)27(35-9)34(7,8)24-17-13-12-14-18-24/h12-14,17-18,21-22,25-28,35H,15-16,19-20H2,1-11H3,(H,36,39)/t25-,26+,27+,28+/m0/s1. The molecule has 1 aliphatic heterocycles. The molecule has 0 aliphatic carbocycles. The van der Waals surface area contributed by atoms with Gasteiger partial charge >= 0.3 is 5.97 Å². The Morgan fingerprint density at radius 3 is 2.14 bits per heavy atom. The highest BCUT2D eigenvalue weighted by atomic mass is 16.5. The van der Waals surface area contributed by atoms with E-state index >= 15 is 0 Å². The molecular formula is C34H54N4O5. The number of carbonyl (C=O) groups is 4. The quantitative estimate of drug-likeness (QED) is 0.294. The fourth-order valence-electron chi connectivity index (χ4n) is 5.94. The van der Waals surface area contributed by atoms with Crippen molar-refractivity contribution in [1.29, 1.82) is 0 Å². The summed E-state index contributed by atoms with van der Waals surface area (Å²) in [5.41, 5.74) is 0.335. The molecule has 9 heteroatoms. The van der Waals surface area contributed by atoms with Gasteiger partial charge in [-0.05, 0) is 50.1 Å². The SMILES string of the molecule is CN[C@H](C(=O)N[C@H](C(=O)N(C)[C@H](C=C(C)C(=O)N1CCCC[C@H]1C(=O)OC)C(C)C)C(C)(C)C)C(C)(C)c1ccccc1. The zero-order chi connectivity index (χ0) is 32.7. The van der Waals surface area contributed by atoms with Crippen LogP contribution in [0.1, 0.15) is 80.2 Å². The maximum atomic E-state index is 14.1. The van der Waals surface area contributed by atoms with E-state index in [0.29, 0.717) is 18.5 Å². The Kier molecular flexibility index (Phi) is 12.6. The molecule has 9 nitrogen and oxygen atoms in total. The normalized spacial score (nSPS) is 18.5. The molecule has 1 saturated heterocycles. The van der Waals surface area contributed by atoms with Gasteiger partial charge in [0, 0.05) is 24.6 Å². The van der Waals surface area contributed by atoms with Crippen molar-refractivity contribution in [2.24, 2.45) is 11.3 Å². The Morgan fingerprint density at radius 2 is 1.63 bits per heavy atom. The number of benzene rings is 1. The first-order chi connectivity index (χ1) is 20.0. The number of hydrogen-bond acceptors (Lipinski definition) is 6. The van der Waals surface area contributed by atoms with E-state index in [0.717, 1.165) is 18.4 Å². The van der Waals surface area contributed by atoms with Crippen LogP contribution in [-0.4, -0.2) is 85.4 Å². The largest absolute Gasteiger partial charge is 0.467 e. The third kappa shape index (κ3) is 8.68. The lowest BCUT2D eigenvalue weighted by Crippen LogP contribution is -2.61. The van der Waals surface area contributed by atoms with E-state index in [1.807, 2.05) is 84.9 Å². The lowest BCUT2D eigenvalue weighted by molar-refractivity contribution is -0.153. The van der Waals surface area contributed by atoms with Gasteiger partial charge in [-0.2, -0.15) is 0 Å². The number of ether oxygens (including phenoxy) is 1. The second-order valence-electron chi connectivity index (χ2n) is 13.7. The van der Waals surface area contributed by atoms with Crippen molar-refractivity contribution >= 4 is 23.7 Å². The number of amides is 3. The summed E-state index contributed by atoms with van der Waals surface area (Å²) in [5, 5.41) is 6.24. The van der Waals surface area contributed by atoms with Crippen molar-refractivity contribution in [2.75, 3.05) is 27.7 Å². The van der Waals surface area contributed by atoms with Crippen LogP contribution in [0.2, 0.25) is 0 Å². The van der Waals surface area contributed by atoms with Crippen LogP contribution in [0.5, 0.6) is 0 Å². The summed E-state index contributed by atoms with van der Waals surface area (Å²) in [6.45, 7) is 16.0. The molecule has 240 valence electrons. The molecule has 0 unspecified atom stereocenters. The number of likely N-dealkylation sites (N-methyl/N-ethyl adjacent to an activating group) is 2. The number of hydrogen-bond donors (Lipinski definition) is 2. The van der Waals surface area contributed by atoms with Crippen LogP contribution in [0.4, 0.5) is 0 Å². The maximum absolute atomic E-state index is 14.1. The van der Waals surface area contributed by atoms with Crippen molar-refractivity contribution in [2.45, 2.75) is 104 Å². The van der Waals surface area contributed by atoms with E-state index in [-0.39, 0.29) is 23.6 Å². The monoisotopic (exact) mass is 598 g/mol. The van der Waals surface area contributed by atoms with Crippen LogP contribution in [0, 0.1) is 11.3 Å². The smallest absolute Gasteiger partial charge is 0.328 e. The minimum atomic E-state index is -0.816. The average molecular weight is 599 g/mol. The Bertz CT molecular complexity index is 1160. The second kappa shape index (κ2) is 15.0. The van der Waals surface area contributed by atoms with Crippen LogP contribution in [0.3, 0.4) is 0 Å². The first-order valence-corrected chi connectivity index (χ1v) is 15.4. The molecule has 43 heavy (non-hydrogen) atoms. The number of methoxy groups -OCH3 is 1. The van der Waals surface area contributed by atoms with Crippen LogP contribution in [0.25, 0.3) is 0 Å². The Labute approximate surface area is 258 Å². The van der Waals surface area contributed by atoms with Gasteiger partial charge in [-0.1, -0.05) is 84.9 Å². The summed E-state index contributed by atoms with van der Waals surface area (Å²) >= 11 is 0. The maximum Gasteiger partial charge on any atom is 0.328 e. The molecule has 0 spiro atoms. The molecule has 0 aromatic heterocycles. The Balaban J connectivity index is 2.35. The molecular weight excluding hydrogens is 544 g/mol. The minimum absolute atomic E-state index is 0.0205. The van der Waals surface area contributed by atoms with Crippen LogP contribution >= 0.6 is 0 Å². The predicted octanol–water partition coefficient (Wildman–Crippen LogP) is 4.07. The number of carbonyl (C=O) groups excluding carboxylic acids is 4. The lowest BCUT2D eigenvalue weighted by Gasteiger charge is -2.40. The van der Waals surface area contributed by atoms with Crippen molar-refractivity contribution in [3.8, 4) is 0 Å². The number of nitrogens with zero attached hydrogens (tertiary/aromatic N) is 2. The molecule has 1 aliphatic rings. The number of likely N-dealkylation sites (tertiary alicyclic amines) is 1. The van der Waals surface area contributed by atoms with Gasteiger partial charge in [0.1, 0.15) is 12.1 Å². The summed E-state index contributed by atoms with van der Waals surface area (Å²) in [4.78, 5) is 57.0. The van der Waals surface area contributed by atoms with Gasteiger partial charge < -0.3 is 25.2 Å². The fourth-order valence-corrected chi connectivity index (χ4v) is 5.94. The van der Waals surface area contributed by atoms with Gasteiger partial charge in [-0.15, -0.1) is 0 Å². The number of esters is 1. The zero-order valence-corrected chi connectivity index (χ0v) is 28.1. The predicted molar refractivity (Wildman–Crippen MR) is 170 cm³/mol. The molecule has 0 radical (unpaired) electrons. The van der Waals surface area contributed by atoms with Gasteiger partial charge in [-0.3, -0.25) is 14.4 Å². The van der Waals surface area contributed by atoms with E-state index in [9.17, 15) is 19.2 Å². The summed E-state index contributed by atoms with van der Waals surface area (Å²) < 4.78 is 4.96. The van der Waals surface area contributed by atoms with Crippen LogP contribution in [0.15, 0.2) is 42.0 Å². The van der Waals surface area contributed by atoms with Crippen molar-refractivity contribution < 1.29 is 23.9 Å². The number of nitrogens with one attached hydrogen (secondary N) is 2. The first-order valence-electron chi connectivity index (χ1n) is 15.4. The highest BCUT2D eigenvalue weighted by Gasteiger charge is 2.42. The van der Waals surface area contributed by atoms with Crippen molar-refractivity contribution in [3.63, 3.8) is 0 Å². The van der Waals surface area contributed by atoms with Gasteiger partial charge in [0.2, 0.25) is 17.7 Å². The Hall–Kier alpha value is -3.20. The minimum Gasteiger partial charge on any atom is -0.467 e. The second-order valence-corrected chi connectivity index (χ2v) is 13.7. The van der Waals surface area contributed by atoms with E-state index in [2.05, 4.69) is 10.6 Å². The van der Waals surface area contributed by atoms with Crippen LogP contribution in [-0.2, 0) is 29.3 Å². The molecule has 1 fully saturated rings. The molecule has 1 aromatic carbocycles. The van der Waals surface area contributed by atoms with Crippen molar-refractivity contribution in [1.82, 2.24) is 20.4 Å². The third-order valence-electron chi connectivity index (χ3n) is 8.66. The van der Waals surface area contributed by atoms with Gasteiger partial charge in [0.05, 0.1) is 19.2 Å². The van der Waals surface area contributed by atoms with E-state index in [1.54, 1.807) is 30.8 Å². The molecule has 3 amide bonds. The third-order valence-corrected chi connectivity index (χ3v) is 8.66. The summed E-state index contributed by atoms with van der Waals surface area (Å²) in [6, 6.07) is 7.41. The summed E-state index contributed by atoms with van der Waals surface area (Å²) in [7, 11) is 4.80. The topological polar surface area (TPSA) is 108 Å². The summed E-state index contributed by atoms with van der Waals surface area (Å²) in [6.07, 6.45) is 4.05.